The van der Waals surface area contributed by atoms with E-state index in [0.717, 1.165) is 59.1 Å². The highest BCUT2D eigenvalue weighted by atomic mass is 16.5. The number of aromatic amines is 1. The number of nitrogens with zero attached hydrogens (tertiary/aromatic N) is 1. The summed E-state index contributed by atoms with van der Waals surface area (Å²) in [6.45, 7) is 1.61. The molecule has 0 radical (unpaired) electrons. The van der Waals surface area contributed by atoms with Crippen LogP contribution in [0.5, 0.6) is 5.75 Å². The molecule has 0 saturated carbocycles. The maximum Gasteiger partial charge on any atom is 0.253 e. The van der Waals surface area contributed by atoms with Crippen molar-refractivity contribution in [3.05, 3.63) is 65.7 Å². The summed E-state index contributed by atoms with van der Waals surface area (Å²) in [6, 6.07) is 17.2. The van der Waals surface area contributed by atoms with E-state index in [1.807, 2.05) is 53.4 Å². The number of H-pyrrole nitrogens is 1. The number of primary amides is 1. The van der Waals surface area contributed by atoms with Gasteiger partial charge < -0.3 is 20.4 Å². The van der Waals surface area contributed by atoms with Crippen LogP contribution >= 0.6 is 0 Å². The predicted octanol–water partition coefficient (Wildman–Crippen LogP) is 4.33. The van der Waals surface area contributed by atoms with Gasteiger partial charge >= 0.3 is 0 Å². The van der Waals surface area contributed by atoms with Crippen LogP contribution in [0.25, 0.3) is 32.9 Å². The highest BCUT2D eigenvalue weighted by Gasteiger charge is 2.21. The van der Waals surface area contributed by atoms with Crippen LogP contribution in [0.3, 0.4) is 0 Å². The third-order valence-corrected chi connectivity index (χ3v) is 6.02. The highest BCUT2D eigenvalue weighted by Crippen LogP contribution is 2.34. The van der Waals surface area contributed by atoms with Crippen molar-refractivity contribution in [3.63, 3.8) is 0 Å². The van der Waals surface area contributed by atoms with E-state index >= 15 is 0 Å². The molecule has 1 aromatic heterocycles. The molecular weight excluding hydrogens is 390 g/mol. The zero-order chi connectivity index (χ0) is 21.5. The van der Waals surface area contributed by atoms with Crippen LogP contribution in [-0.2, 0) is 0 Å². The number of nitrogens with one attached hydrogen (secondary N) is 1. The summed E-state index contributed by atoms with van der Waals surface area (Å²) in [7, 11) is 1.62. The lowest BCUT2D eigenvalue weighted by atomic mass is 9.98. The Hall–Kier alpha value is -3.80. The summed E-state index contributed by atoms with van der Waals surface area (Å²) in [4.78, 5) is 30.3. The zero-order valence-electron chi connectivity index (χ0n) is 17.3. The molecule has 3 aromatic carbocycles. The van der Waals surface area contributed by atoms with Gasteiger partial charge in [0, 0.05) is 34.9 Å². The normalized spacial score (nSPS) is 13.8. The number of benzene rings is 3. The Kier molecular flexibility index (Phi) is 4.62. The van der Waals surface area contributed by atoms with Gasteiger partial charge in [-0.05, 0) is 60.4 Å². The average Bonchev–Trinajstić information content (AvgIpc) is 3.45. The first-order valence-corrected chi connectivity index (χ1v) is 10.4. The van der Waals surface area contributed by atoms with E-state index in [1.54, 1.807) is 13.2 Å². The summed E-state index contributed by atoms with van der Waals surface area (Å²) in [5.41, 5.74) is 10.1. The Balaban J connectivity index is 1.68. The molecule has 0 bridgehead atoms. The molecular formula is C25H23N3O3. The second-order valence-electron chi connectivity index (χ2n) is 7.93. The van der Waals surface area contributed by atoms with E-state index in [-0.39, 0.29) is 5.91 Å². The van der Waals surface area contributed by atoms with Crippen LogP contribution in [0.1, 0.15) is 33.6 Å². The second kappa shape index (κ2) is 7.47. The standard InChI is InChI=1S/C25H23N3O3/c1-31-18-6-4-5-15(11-18)17-12-20-19-8-7-16(25(30)28-9-2-3-10-28)14-22(19)27-23(20)21(13-17)24(26)29/h4-8,11-14,27H,2-3,9-10H2,1H3,(H2,26,29). The molecule has 5 rings (SSSR count). The van der Waals surface area contributed by atoms with Crippen molar-refractivity contribution >= 4 is 33.6 Å². The predicted molar refractivity (Wildman–Crippen MR) is 121 cm³/mol. The van der Waals surface area contributed by atoms with Gasteiger partial charge in [0.05, 0.1) is 18.2 Å². The van der Waals surface area contributed by atoms with E-state index < -0.39 is 5.91 Å². The van der Waals surface area contributed by atoms with Gasteiger partial charge in [0.15, 0.2) is 0 Å². The Morgan fingerprint density at radius 2 is 1.77 bits per heavy atom. The van der Waals surface area contributed by atoms with E-state index in [0.29, 0.717) is 16.6 Å². The largest absolute Gasteiger partial charge is 0.497 e. The summed E-state index contributed by atoms with van der Waals surface area (Å²) in [5.74, 6) is 0.280. The number of nitrogens with two attached hydrogens (primary N) is 1. The number of aromatic nitrogens is 1. The van der Waals surface area contributed by atoms with Crippen molar-refractivity contribution in [2.45, 2.75) is 12.8 Å². The fraction of sp³-hybridized carbons (Fsp3) is 0.200. The molecule has 1 fully saturated rings. The fourth-order valence-corrected chi connectivity index (χ4v) is 4.41. The molecule has 0 atom stereocenters. The second-order valence-corrected chi connectivity index (χ2v) is 7.93. The first-order valence-electron chi connectivity index (χ1n) is 10.4. The Morgan fingerprint density at radius 3 is 2.52 bits per heavy atom. The first kappa shape index (κ1) is 19.2. The number of methoxy groups -OCH3 is 1. The molecule has 2 heterocycles. The number of ether oxygens (including phenoxy) is 1. The maximum absolute atomic E-state index is 12.8. The Bertz CT molecular complexity index is 1330. The van der Waals surface area contributed by atoms with Crippen LogP contribution in [0.4, 0.5) is 0 Å². The van der Waals surface area contributed by atoms with Crippen LogP contribution in [-0.4, -0.2) is 41.9 Å². The minimum Gasteiger partial charge on any atom is -0.497 e. The van der Waals surface area contributed by atoms with Crippen molar-refractivity contribution in [2.24, 2.45) is 5.73 Å². The number of likely N-dealkylation sites (tertiary alicyclic amines) is 1. The molecule has 31 heavy (non-hydrogen) atoms. The van der Waals surface area contributed by atoms with Gasteiger partial charge in [0.2, 0.25) is 0 Å². The van der Waals surface area contributed by atoms with Gasteiger partial charge in [-0.3, -0.25) is 9.59 Å². The molecule has 156 valence electrons. The minimum atomic E-state index is -0.505. The van der Waals surface area contributed by atoms with Gasteiger partial charge in [0.1, 0.15) is 5.75 Å². The molecule has 0 spiro atoms. The number of amides is 2. The lowest BCUT2D eigenvalue weighted by Gasteiger charge is -2.15. The molecule has 1 aliphatic heterocycles. The maximum atomic E-state index is 12.8. The molecule has 6 nitrogen and oxygen atoms in total. The SMILES string of the molecule is COc1cccc(-c2cc(C(N)=O)c3[nH]c4cc(C(=O)N5CCCC5)ccc4c3c2)c1. The van der Waals surface area contributed by atoms with Crippen LogP contribution in [0, 0.1) is 0 Å². The molecule has 2 amide bonds. The van der Waals surface area contributed by atoms with E-state index in [4.69, 9.17) is 10.5 Å². The lowest BCUT2D eigenvalue weighted by molar-refractivity contribution is 0.0792. The van der Waals surface area contributed by atoms with Crippen LogP contribution in [0.2, 0.25) is 0 Å². The molecule has 1 aliphatic rings. The Labute approximate surface area is 179 Å². The number of carbonyl (C=O) groups excluding carboxylic acids is 2. The van der Waals surface area contributed by atoms with Crippen molar-refractivity contribution in [3.8, 4) is 16.9 Å². The number of rotatable bonds is 4. The monoisotopic (exact) mass is 413 g/mol. The molecule has 0 aliphatic carbocycles. The quantitative estimate of drug-likeness (QED) is 0.522. The zero-order valence-corrected chi connectivity index (χ0v) is 17.3. The molecule has 3 N–H and O–H groups in total. The van der Waals surface area contributed by atoms with Gasteiger partial charge in [0.25, 0.3) is 11.8 Å². The smallest absolute Gasteiger partial charge is 0.253 e. The van der Waals surface area contributed by atoms with Crippen molar-refractivity contribution < 1.29 is 14.3 Å². The number of hydrogen-bond donors (Lipinski definition) is 2. The summed E-state index contributed by atoms with van der Waals surface area (Å²) in [5, 5.41) is 1.84. The highest BCUT2D eigenvalue weighted by molar-refractivity contribution is 6.17. The van der Waals surface area contributed by atoms with Gasteiger partial charge in [-0.2, -0.15) is 0 Å². The Morgan fingerprint density at radius 1 is 0.968 bits per heavy atom. The van der Waals surface area contributed by atoms with Gasteiger partial charge in [-0.15, -0.1) is 0 Å². The van der Waals surface area contributed by atoms with E-state index in [1.165, 1.54) is 0 Å². The van der Waals surface area contributed by atoms with Gasteiger partial charge in [-0.1, -0.05) is 18.2 Å². The van der Waals surface area contributed by atoms with Crippen LogP contribution in [0.15, 0.2) is 54.6 Å². The third kappa shape index (κ3) is 3.30. The van der Waals surface area contributed by atoms with Gasteiger partial charge in [-0.25, -0.2) is 0 Å². The summed E-state index contributed by atoms with van der Waals surface area (Å²) >= 11 is 0. The van der Waals surface area contributed by atoms with Crippen molar-refractivity contribution in [1.82, 2.24) is 9.88 Å². The number of hydrogen-bond acceptors (Lipinski definition) is 3. The molecule has 6 heteroatoms. The molecule has 1 saturated heterocycles. The van der Waals surface area contributed by atoms with E-state index in [2.05, 4.69) is 4.98 Å². The van der Waals surface area contributed by atoms with Crippen molar-refractivity contribution in [2.75, 3.05) is 20.2 Å². The van der Waals surface area contributed by atoms with E-state index in [9.17, 15) is 9.59 Å². The van der Waals surface area contributed by atoms with Crippen LogP contribution < -0.4 is 10.5 Å². The van der Waals surface area contributed by atoms with Crippen molar-refractivity contribution in [1.29, 1.82) is 0 Å². The molecule has 4 aromatic rings. The first-order chi connectivity index (χ1) is 15.0. The number of fused-ring (bicyclic) bond motifs is 3. The third-order valence-electron chi connectivity index (χ3n) is 6.02. The molecule has 0 unspecified atom stereocenters. The lowest BCUT2D eigenvalue weighted by Crippen LogP contribution is -2.27. The fourth-order valence-electron chi connectivity index (χ4n) is 4.41. The number of carbonyl (C=O) groups is 2. The summed E-state index contributed by atoms with van der Waals surface area (Å²) in [6.07, 6.45) is 2.10. The summed E-state index contributed by atoms with van der Waals surface area (Å²) < 4.78 is 5.34. The minimum absolute atomic E-state index is 0.0465. The topological polar surface area (TPSA) is 88.4 Å². The average molecular weight is 413 g/mol.